The van der Waals surface area contributed by atoms with Crippen LogP contribution in [0.5, 0.6) is 5.75 Å². The van der Waals surface area contributed by atoms with Crippen molar-refractivity contribution < 1.29 is 9.53 Å². The fourth-order valence-electron chi connectivity index (χ4n) is 4.65. The van der Waals surface area contributed by atoms with E-state index >= 15 is 0 Å². The minimum absolute atomic E-state index is 0.172. The lowest BCUT2D eigenvalue weighted by Gasteiger charge is -2.12. The van der Waals surface area contributed by atoms with Crippen molar-refractivity contribution in [3.63, 3.8) is 0 Å². The summed E-state index contributed by atoms with van der Waals surface area (Å²) < 4.78 is 8.62. The van der Waals surface area contributed by atoms with Crippen molar-refractivity contribution in [3.05, 3.63) is 106 Å². The van der Waals surface area contributed by atoms with Gasteiger partial charge in [-0.05, 0) is 37.1 Å². The van der Waals surface area contributed by atoms with E-state index in [9.17, 15) is 9.59 Å². The summed E-state index contributed by atoms with van der Waals surface area (Å²) in [5.41, 5.74) is 5.56. The molecular weight excluding hydrogens is 452 g/mol. The minimum Gasteiger partial charge on any atom is -0.496 e. The fraction of sp³-hybridized carbons (Fsp3) is 0.207. The number of amides is 1. The molecule has 7 nitrogen and oxygen atoms in total. The third kappa shape index (κ3) is 4.35. The van der Waals surface area contributed by atoms with Crippen LogP contribution >= 0.6 is 0 Å². The van der Waals surface area contributed by atoms with Gasteiger partial charge in [-0.15, -0.1) is 0 Å². The van der Waals surface area contributed by atoms with Gasteiger partial charge < -0.3 is 14.6 Å². The molecule has 1 amide bonds. The van der Waals surface area contributed by atoms with Crippen molar-refractivity contribution in [2.45, 2.75) is 33.5 Å². The van der Waals surface area contributed by atoms with Crippen molar-refractivity contribution in [3.8, 4) is 5.75 Å². The van der Waals surface area contributed by atoms with Gasteiger partial charge in [0.05, 0.1) is 13.3 Å². The molecule has 0 fully saturated rings. The van der Waals surface area contributed by atoms with Crippen LogP contribution in [0.4, 0.5) is 0 Å². The number of fused-ring (bicyclic) bond motifs is 3. The largest absolute Gasteiger partial charge is 0.496 e. The Morgan fingerprint density at radius 2 is 1.75 bits per heavy atom. The minimum atomic E-state index is -0.299. The van der Waals surface area contributed by atoms with Gasteiger partial charge in [-0.25, -0.2) is 4.68 Å². The highest BCUT2D eigenvalue weighted by atomic mass is 16.5. The standard InChI is InChI=1S/C29H28N4O3/c1-19-12-13-20(2)22(14-19)17-32-25-10-6-5-9-23(25)24-16-31-33(29(35)28(24)32)18-27(34)30-15-21-8-4-7-11-26(21)36-3/h4-14,16H,15,17-18H2,1-3H3,(H,30,34). The fourth-order valence-corrected chi connectivity index (χ4v) is 4.65. The van der Waals surface area contributed by atoms with E-state index in [1.54, 1.807) is 13.3 Å². The molecule has 2 aromatic heterocycles. The number of aromatic nitrogens is 3. The molecule has 0 aliphatic carbocycles. The van der Waals surface area contributed by atoms with Crippen molar-refractivity contribution in [1.82, 2.24) is 19.7 Å². The van der Waals surface area contributed by atoms with E-state index in [1.807, 2.05) is 53.1 Å². The van der Waals surface area contributed by atoms with Crippen LogP contribution in [-0.2, 0) is 24.4 Å². The van der Waals surface area contributed by atoms with Crippen molar-refractivity contribution >= 4 is 27.7 Å². The van der Waals surface area contributed by atoms with Gasteiger partial charge in [-0.2, -0.15) is 5.10 Å². The van der Waals surface area contributed by atoms with Crippen LogP contribution in [0.15, 0.2) is 77.7 Å². The molecule has 182 valence electrons. The number of para-hydroxylation sites is 2. The summed E-state index contributed by atoms with van der Waals surface area (Å²) in [6, 6.07) is 21.8. The maximum Gasteiger partial charge on any atom is 0.291 e. The summed E-state index contributed by atoms with van der Waals surface area (Å²) in [6.07, 6.45) is 1.69. The number of ether oxygens (including phenoxy) is 1. The molecule has 0 aliphatic rings. The van der Waals surface area contributed by atoms with Crippen molar-refractivity contribution in [2.75, 3.05) is 7.11 Å². The first-order valence-corrected chi connectivity index (χ1v) is 11.9. The summed E-state index contributed by atoms with van der Waals surface area (Å²) in [5, 5.41) is 8.96. The Morgan fingerprint density at radius 3 is 2.58 bits per heavy atom. The molecule has 36 heavy (non-hydrogen) atoms. The number of carbonyl (C=O) groups is 1. The number of aryl methyl sites for hydroxylation is 2. The molecule has 0 aliphatic heterocycles. The molecule has 2 heterocycles. The van der Waals surface area contributed by atoms with E-state index in [4.69, 9.17) is 4.74 Å². The van der Waals surface area contributed by atoms with Gasteiger partial charge in [-0.3, -0.25) is 9.59 Å². The SMILES string of the molecule is COc1ccccc1CNC(=O)Cn1ncc2c3ccccc3n(Cc3cc(C)ccc3C)c2c1=O. The Morgan fingerprint density at radius 1 is 0.972 bits per heavy atom. The molecule has 0 atom stereocenters. The smallest absolute Gasteiger partial charge is 0.291 e. The van der Waals surface area contributed by atoms with Crippen LogP contribution in [-0.4, -0.2) is 27.4 Å². The van der Waals surface area contributed by atoms with E-state index in [0.29, 0.717) is 24.4 Å². The lowest BCUT2D eigenvalue weighted by molar-refractivity contribution is -0.122. The van der Waals surface area contributed by atoms with Gasteiger partial charge in [0.1, 0.15) is 17.8 Å². The number of nitrogens with zero attached hydrogens (tertiary/aromatic N) is 3. The zero-order valence-corrected chi connectivity index (χ0v) is 20.6. The second kappa shape index (κ2) is 9.70. The van der Waals surface area contributed by atoms with Crippen LogP contribution < -0.4 is 15.6 Å². The van der Waals surface area contributed by atoms with Gasteiger partial charge in [0.15, 0.2) is 0 Å². The van der Waals surface area contributed by atoms with Gasteiger partial charge >= 0.3 is 0 Å². The maximum atomic E-state index is 13.7. The van der Waals surface area contributed by atoms with Gasteiger partial charge in [0.25, 0.3) is 5.56 Å². The normalized spacial score (nSPS) is 11.2. The number of rotatable bonds is 7. The van der Waals surface area contributed by atoms with E-state index in [1.165, 1.54) is 10.2 Å². The average Bonchev–Trinajstić information content (AvgIpc) is 3.21. The summed E-state index contributed by atoms with van der Waals surface area (Å²) in [7, 11) is 1.59. The second-order valence-corrected chi connectivity index (χ2v) is 8.99. The molecule has 0 bridgehead atoms. The molecule has 5 rings (SSSR count). The first-order chi connectivity index (χ1) is 17.5. The Hall–Kier alpha value is -4.39. The molecule has 0 unspecified atom stereocenters. The lowest BCUT2D eigenvalue weighted by atomic mass is 10.1. The third-order valence-corrected chi connectivity index (χ3v) is 6.57. The van der Waals surface area contributed by atoms with Crippen LogP contribution in [0.3, 0.4) is 0 Å². The number of hydrogen-bond donors (Lipinski definition) is 1. The molecule has 3 aromatic carbocycles. The third-order valence-electron chi connectivity index (χ3n) is 6.57. The van der Waals surface area contributed by atoms with Crippen molar-refractivity contribution in [1.29, 1.82) is 0 Å². The number of hydrogen-bond acceptors (Lipinski definition) is 4. The predicted molar refractivity (Wildman–Crippen MR) is 141 cm³/mol. The molecule has 1 N–H and O–H groups in total. The Bertz CT molecular complexity index is 1650. The van der Waals surface area contributed by atoms with E-state index in [0.717, 1.165) is 33.0 Å². The maximum absolute atomic E-state index is 13.7. The monoisotopic (exact) mass is 480 g/mol. The molecule has 0 saturated heterocycles. The van der Waals surface area contributed by atoms with Gasteiger partial charge in [-0.1, -0.05) is 60.2 Å². The quantitative estimate of drug-likeness (QED) is 0.376. The van der Waals surface area contributed by atoms with Crippen LogP contribution in [0.2, 0.25) is 0 Å². The van der Waals surface area contributed by atoms with Crippen LogP contribution in [0.1, 0.15) is 22.3 Å². The molecule has 5 aromatic rings. The van der Waals surface area contributed by atoms with E-state index in [-0.39, 0.29) is 18.0 Å². The second-order valence-electron chi connectivity index (χ2n) is 8.99. The Labute approximate surface area is 208 Å². The topological polar surface area (TPSA) is 78.2 Å². The summed E-state index contributed by atoms with van der Waals surface area (Å²) >= 11 is 0. The zero-order valence-electron chi connectivity index (χ0n) is 20.6. The number of nitrogens with one attached hydrogen (secondary N) is 1. The summed E-state index contributed by atoms with van der Waals surface area (Å²) in [6.45, 7) is 4.82. The van der Waals surface area contributed by atoms with E-state index < -0.39 is 0 Å². The highest BCUT2D eigenvalue weighted by molar-refractivity contribution is 6.07. The molecule has 0 saturated carbocycles. The first kappa shape index (κ1) is 23.4. The Balaban J connectivity index is 1.50. The molecule has 0 spiro atoms. The first-order valence-electron chi connectivity index (χ1n) is 11.9. The van der Waals surface area contributed by atoms with Gasteiger partial charge in [0.2, 0.25) is 5.91 Å². The number of carbonyl (C=O) groups excluding carboxylic acids is 1. The molecule has 0 radical (unpaired) electrons. The molecule has 7 heteroatoms. The highest BCUT2D eigenvalue weighted by Gasteiger charge is 2.18. The summed E-state index contributed by atoms with van der Waals surface area (Å²) in [5.74, 6) is 0.400. The molecular formula is C29H28N4O3. The summed E-state index contributed by atoms with van der Waals surface area (Å²) in [4.78, 5) is 26.4. The van der Waals surface area contributed by atoms with E-state index in [2.05, 4.69) is 42.5 Å². The zero-order chi connectivity index (χ0) is 25.2. The number of methoxy groups -OCH3 is 1. The average molecular weight is 481 g/mol. The predicted octanol–water partition coefficient (Wildman–Crippen LogP) is 4.34. The number of benzene rings is 3. The van der Waals surface area contributed by atoms with Crippen LogP contribution in [0, 0.1) is 13.8 Å². The van der Waals surface area contributed by atoms with Gasteiger partial charge in [0, 0.05) is 34.9 Å². The highest BCUT2D eigenvalue weighted by Crippen LogP contribution is 2.28. The van der Waals surface area contributed by atoms with Crippen molar-refractivity contribution in [2.24, 2.45) is 0 Å². The Kier molecular flexibility index (Phi) is 6.29. The van der Waals surface area contributed by atoms with Crippen LogP contribution in [0.25, 0.3) is 21.8 Å². The lowest BCUT2D eigenvalue weighted by Crippen LogP contribution is -2.34.